The van der Waals surface area contributed by atoms with Crippen LogP contribution in [0.3, 0.4) is 0 Å². The molecule has 2 rings (SSSR count). The van der Waals surface area contributed by atoms with Crippen molar-refractivity contribution in [2.45, 2.75) is 0 Å². The standard InChI is InChI=1S/C7H2F2NO/c8-4-1-6-7(2-5(4)9)11-3-10-6/h1-2H. The van der Waals surface area contributed by atoms with Crippen molar-refractivity contribution in [3.63, 3.8) is 0 Å². The summed E-state index contributed by atoms with van der Waals surface area (Å²) in [4.78, 5) is 3.52. The van der Waals surface area contributed by atoms with Gasteiger partial charge in [0.1, 0.15) is 5.52 Å². The normalized spacial score (nSPS) is 10.7. The number of aromatic nitrogens is 1. The Labute approximate surface area is 60.5 Å². The second kappa shape index (κ2) is 2.02. The van der Waals surface area contributed by atoms with Crippen molar-refractivity contribution in [3.05, 3.63) is 30.2 Å². The zero-order chi connectivity index (χ0) is 7.84. The first-order chi connectivity index (χ1) is 5.27. The van der Waals surface area contributed by atoms with Crippen molar-refractivity contribution in [2.24, 2.45) is 0 Å². The number of hydrogen-bond donors (Lipinski definition) is 0. The lowest BCUT2D eigenvalue weighted by atomic mass is 10.3. The lowest BCUT2D eigenvalue weighted by molar-refractivity contribution is 0.507. The average molecular weight is 154 g/mol. The highest BCUT2D eigenvalue weighted by molar-refractivity contribution is 5.71. The smallest absolute Gasteiger partial charge is 0.284 e. The molecule has 0 N–H and O–H groups in total. The van der Waals surface area contributed by atoms with Crippen LogP contribution in [0.1, 0.15) is 0 Å². The molecule has 0 bridgehead atoms. The Bertz CT molecular complexity index is 360. The van der Waals surface area contributed by atoms with E-state index in [2.05, 4.69) is 15.8 Å². The van der Waals surface area contributed by atoms with Gasteiger partial charge in [-0.25, -0.2) is 13.8 Å². The number of fused-ring (bicyclic) bond motifs is 1. The Kier molecular flexibility index (Phi) is 1.15. The molecule has 0 saturated heterocycles. The predicted molar refractivity (Wildman–Crippen MR) is 32.8 cm³/mol. The van der Waals surface area contributed by atoms with Crippen LogP contribution in [-0.4, -0.2) is 4.98 Å². The van der Waals surface area contributed by atoms with Gasteiger partial charge in [0.05, 0.1) is 0 Å². The van der Waals surface area contributed by atoms with Crippen molar-refractivity contribution in [2.75, 3.05) is 0 Å². The van der Waals surface area contributed by atoms with Gasteiger partial charge in [-0.3, -0.25) is 0 Å². The molecule has 2 nitrogen and oxygen atoms in total. The van der Waals surface area contributed by atoms with Crippen molar-refractivity contribution in [1.29, 1.82) is 0 Å². The third-order valence-corrected chi connectivity index (χ3v) is 1.32. The second-order valence-electron chi connectivity index (χ2n) is 2.04. The minimum atomic E-state index is -0.942. The largest absolute Gasteiger partial charge is 0.432 e. The maximum Gasteiger partial charge on any atom is 0.284 e. The summed E-state index contributed by atoms with van der Waals surface area (Å²) in [7, 11) is 0. The summed E-state index contributed by atoms with van der Waals surface area (Å²) in [5, 5.41) is 0. The third-order valence-electron chi connectivity index (χ3n) is 1.32. The molecule has 0 unspecified atom stereocenters. The van der Waals surface area contributed by atoms with Crippen LogP contribution in [-0.2, 0) is 0 Å². The topological polar surface area (TPSA) is 26.0 Å². The predicted octanol–water partition coefficient (Wildman–Crippen LogP) is 1.91. The molecule has 0 fully saturated rings. The number of hydrogen-bond acceptors (Lipinski definition) is 2. The van der Waals surface area contributed by atoms with Crippen LogP contribution in [0.2, 0.25) is 0 Å². The van der Waals surface area contributed by atoms with E-state index in [-0.39, 0.29) is 11.1 Å². The molecule has 11 heavy (non-hydrogen) atoms. The molecule has 1 aromatic carbocycles. The van der Waals surface area contributed by atoms with Gasteiger partial charge in [0.15, 0.2) is 17.2 Å². The van der Waals surface area contributed by atoms with Gasteiger partial charge < -0.3 is 4.42 Å². The molecule has 0 atom stereocenters. The SMILES string of the molecule is Fc1cc2n[c]oc2cc1F. The number of nitrogens with zero attached hydrogens (tertiary/aromatic N) is 1. The first-order valence-electron chi connectivity index (χ1n) is 2.89. The van der Waals surface area contributed by atoms with Gasteiger partial charge in [-0.15, -0.1) is 0 Å². The fourth-order valence-corrected chi connectivity index (χ4v) is 0.808. The number of oxazole rings is 1. The van der Waals surface area contributed by atoms with E-state index in [4.69, 9.17) is 0 Å². The van der Waals surface area contributed by atoms with Gasteiger partial charge in [0.25, 0.3) is 6.39 Å². The Hall–Kier alpha value is -1.45. The fourth-order valence-electron chi connectivity index (χ4n) is 0.808. The summed E-state index contributed by atoms with van der Waals surface area (Å²) in [6, 6.07) is 1.90. The van der Waals surface area contributed by atoms with E-state index in [9.17, 15) is 8.78 Å². The molecule has 0 aliphatic heterocycles. The van der Waals surface area contributed by atoms with Crippen LogP contribution in [0.4, 0.5) is 8.78 Å². The van der Waals surface area contributed by atoms with Gasteiger partial charge in [0, 0.05) is 12.1 Å². The van der Waals surface area contributed by atoms with E-state index < -0.39 is 11.6 Å². The summed E-state index contributed by atoms with van der Waals surface area (Å²) in [5.41, 5.74) is 0.466. The third kappa shape index (κ3) is 0.869. The minimum Gasteiger partial charge on any atom is -0.432 e. The van der Waals surface area contributed by atoms with Crippen LogP contribution in [0, 0.1) is 18.0 Å². The highest BCUT2D eigenvalue weighted by Gasteiger charge is 2.06. The molecule has 1 aromatic heterocycles. The van der Waals surface area contributed by atoms with E-state index in [0.29, 0.717) is 0 Å². The number of halogens is 2. The molecule has 1 radical (unpaired) electrons. The fraction of sp³-hybridized carbons (Fsp3) is 0. The highest BCUT2D eigenvalue weighted by atomic mass is 19.2. The van der Waals surface area contributed by atoms with Gasteiger partial charge in [-0.1, -0.05) is 0 Å². The molecule has 0 aliphatic carbocycles. The summed E-state index contributed by atoms with van der Waals surface area (Å²) in [6.45, 7) is 0. The van der Waals surface area contributed by atoms with Gasteiger partial charge in [-0.05, 0) is 0 Å². The molecule has 0 spiro atoms. The van der Waals surface area contributed by atoms with E-state index in [1.165, 1.54) is 0 Å². The van der Waals surface area contributed by atoms with Gasteiger partial charge >= 0.3 is 0 Å². The van der Waals surface area contributed by atoms with Crippen LogP contribution in [0.15, 0.2) is 16.5 Å². The molecular weight excluding hydrogens is 152 g/mol. The first-order valence-corrected chi connectivity index (χ1v) is 2.89. The maximum absolute atomic E-state index is 12.5. The zero-order valence-corrected chi connectivity index (χ0v) is 5.27. The minimum absolute atomic E-state index is 0.198. The first kappa shape index (κ1) is 6.27. The Morgan fingerprint density at radius 2 is 2.00 bits per heavy atom. The Morgan fingerprint density at radius 3 is 2.82 bits per heavy atom. The van der Waals surface area contributed by atoms with E-state index in [1.807, 2.05) is 0 Å². The lowest BCUT2D eigenvalue weighted by Crippen LogP contribution is -1.81. The van der Waals surface area contributed by atoms with Crippen LogP contribution < -0.4 is 0 Å². The van der Waals surface area contributed by atoms with E-state index >= 15 is 0 Å². The quantitative estimate of drug-likeness (QED) is 0.579. The van der Waals surface area contributed by atoms with Gasteiger partial charge in [-0.2, -0.15) is 0 Å². The number of benzene rings is 1. The Morgan fingerprint density at radius 1 is 1.27 bits per heavy atom. The van der Waals surface area contributed by atoms with Crippen molar-refractivity contribution in [3.8, 4) is 0 Å². The highest BCUT2D eigenvalue weighted by Crippen LogP contribution is 2.15. The summed E-state index contributed by atoms with van der Waals surface area (Å²) < 4.78 is 29.5. The molecule has 0 saturated carbocycles. The summed E-state index contributed by atoms with van der Waals surface area (Å²) >= 11 is 0. The number of rotatable bonds is 0. The molecular formula is C7H2F2NO. The van der Waals surface area contributed by atoms with E-state index in [0.717, 1.165) is 12.1 Å². The van der Waals surface area contributed by atoms with E-state index in [1.54, 1.807) is 0 Å². The maximum atomic E-state index is 12.5. The lowest BCUT2D eigenvalue weighted by Gasteiger charge is -1.89. The van der Waals surface area contributed by atoms with Crippen LogP contribution >= 0.6 is 0 Å². The zero-order valence-electron chi connectivity index (χ0n) is 5.27. The molecule has 4 heteroatoms. The Balaban J connectivity index is 2.86. The molecule has 2 aromatic rings. The van der Waals surface area contributed by atoms with Crippen molar-refractivity contribution >= 4 is 11.1 Å². The average Bonchev–Trinajstić information content (AvgIpc) is 2.36. The molecule has 1 heterocycles. The molecule has 55 valence electrons. The van der Waals surface area contributed by atoms with Gasteiger partial charge in [0.2, 0.25) is 0 Å². The summed E-state index contributed by atoms with van der Waals surface area (Å²) in [6.07, 6.45) is 2.13. The van der Waals surface area contributed by atoms with Crippen molar-refractivity contribution < 1.29 is 13.2 Å². The summed E-state index contributed by atoms with van der Waals surface area (Å²) in [5.74, 6) is -1.87. The monoisotopic (exact) mass is 154 g/mol. The second-order valence-corrected chi connectivity index (χ2v) is 2.04. The molecule has 0 amide bonds. The van der Waals surface area contributed by atoms with Crippen LogP contribution in [0.25, 0.3) is 11.1 Å². The van der Waals surface area contributed by atoms with Crippen LogP contribution in [0.5, 0.6) is 0 Å². The van der Waals surface area contributed by atoms with Crippen molar-refractivity contribution in [1.82, 2.24) is 4.98 Å². The molecule has 0 aliphatic rings.